The molecule has 1 N–H and O–H groups in total. The van der Waals surface area contributed by atoms with E-state index in [9.17, 15) is 40.3 Å². The molecule has 130 valence electrons. The number of alkyl halides is 7. The minimum Gasteiger partial charge on any atom is -0.465 e. The van der Waals surface area contributed by atoms with Gasteiger partial charge in [0.1, 0.15) is 4.88 Å². The van der Waals surface area contributed by atoms with Crippen molar-refractivity contribution in [3.8, 4) is 0 Å². The molecule has 0 atom stereocenters. The van der Waals surface area contributed by atoms with Crippen molar-refractivity contribution < 1.29 is 45.1 Å². The summed E-state index contributed by atoms with van der Waals surface area (Å²) in [6, 6.07) is 0. The molecule has 0 aliphatic rings. The van der Waals surface area contributed by atoms with Crippen molar-refractivity contribution in [3.63, 3.8) is 0 Å². The van der Waals surface area contributed by atoms with Crippen LogP contribution in [-0.2, 0) is 9.53 Å². The van der Waals surface area contributed by atoms with Gasteiger partial charge in [0.05, 0.1) is 12.8 Å². The highest BCUT2D eigenvalue weighted by molar-refractivity contribution is 7.17. The molecule has 1 amide bonds. The van der Waals surface area contributed by atoms with Crippen molar-refractivity contribution in [2.45, 2.75) is 24.9 Å². The lowest BCUT2D eigenvalue weighted by Gasteiger charge is -2.26. The molecular weight excluding hydrogens is 361 g/mol. The maximum atomic E-state index is 13.1. The molecule has 0 radical (unpaired) electrons. The fraction of sp³-hybridized carbons (Fsp3) is 0.500. The number of hydrogen-bond acceptors (Lipinski definition) is 5. The number of thiazole rings is 1. The number of methoxy groups -OCH3 is 1. The number of rotatable bonds is 4. The van der Waals surface area contributed by atoms with E-state index in [1.165, 1.54) is 6.92 Å². The number of nitrogens with zero attached hydrogens (tertiary/aromatic N) is 1. The van der Waals surface area contributed by atoms with Crippen LogP contribution in [-0.4, -0.2) is 42.0 Å². The third-order valence-corrected chi connectivity index (χ3v) is 3.48. The number of carbonyl (C=O) groups is 2. The van der Waals surface area contributed by atoms with Crippen molar-refractivity contribution in [3.05, 3.63) is 10.6 Å². The average Bonchev–Trinajstić information content (AvgIpc) is 2.77. The van der Waals surface area contributed by atoms with Gasteiger partial charge in [0.15, 0.2) is 5.13 Å². The van der Waals surface area contributed by atoms with Crippen LogP contribution in [0.5, 0.6) is 0 Å². The Labute approximate surface area is 127 Å². The zero-order valence-corrected chi connectivity index (χ0v) is 12.0. The summed E-state index contributed by atoms with van der Waals surface area (Å²) >= 11 is 0.278. The molecule has 1 aromatic rings. The van der Waals surface area contributed by atoms with Crippen molar-refractivity contribution in [1.29, 1.82) is 0 Å². The standard InChI is InChI=1S/C10H7F7N2O3S/c1-3-4(5(20)22-2)23-7(18-3)19-6(21)8(11,12)9(13,14)10(15,16)17/h1-2H3,(H,18,19,21). The van der Waals surface area contributed by atoms with E-state index < -0.39 is 35.0 Å². The van der Waals surface area contributed by atoms with E-state index in [1.54, 1.807) is 0 Å². The maximum absolute atomic E-state index is 13.1. The molecule has 5 nitrogen and oxygen atoms in total. The third-order valence-electron chi connectivity index (χ3n) is 2.42. The fourth-order valence-corrected chi connectivity index (χ4v) is 2.11. The number of aryl methyl sites for hydroxylation is 1. The fourth-order valence-electron chi connectivity index (χ4n) is 1.23. The predicted octanol–water partition coefficient (Wildman–Crippen LogP) is 3.01. The molecule has 23 heavy (non-hydrogen) atoms. The molecule has 0 fully saturated rings. The Morgan fingerprint density at radius 3 is 2.09 bits per heavy atom. The Morgan fingerprint density at radius 2 is 1.65 bits per heavy atom. The molecule has 0 saturated carbocycles. The lowest BCUT2D eigenvalue weighted by atomic mass is 10.1. The molecule has 13 heteroatoms. The largest absolute Gasteiger partial charge is 0.465 e. The van der Waals surface area contributed by atoms with Gasteiger partial charge in [0, 0.05) is 0 Å². The number of amides is 1. The summed E-state index contributed by atoms with van der Waals surface area (Å²) in [7, 11) is 0.984. The van der Waals surface area contributed by atoms with Crippen molar-refractivity contribution >= 4 is 28.3 Å². The number of aromatic nitrogens is 1. The lowest BCUT2D eigenvalue weighted by molar-refractivity contribution is -0.343. The van der Waals surface area contributed by atoms with Gasteiger partial charge >= 0.3 is 29.9 Å². The number of esters is 1. The Hall–Kier alpha value is -1.92. The van der Waals surface area contributed by atoms with Crippen LogP contribution in [0.1, 0.15) is 15.4 Å². The number of nitrogens with one attached hydrogen (secondary N) is 1. The van der Waals surface area contributed by atoms with E-state index in [-0.39, 0.29) is 21.9 Å². The summed E-state index contributed by atoms with van der Waals surface area (Å²) in [6.45, 7) is 1.21. The van der Waals surface area contributed by atoms with Gasteiger partial charge in [-0.15, -0.1) is 0 Å². The molecule has 0 aliphatic carbocycles. The number of ether oxygens (including phenoxy) is 1. The Bertz CT molecular complexity index is 626. The van der Waals surface area contributed by atoms with Crippen molar-refractivity contribution in [2.24, 2.45) is 0 Å². The van der Waals surface area contributed by atoms with Crippen LogP contribution in [0.25, 0.3) is 0 Å². The van der Waals surface area contributed by atoms with Crippen LogP contribution >= 0.6 is 11.3 Å². The highest BCUT2D eigenvalue weighted by atomic mass is 32.1. The van der Waals surface area contributed by atoms with Gasteiger partial charge in [-0.3, -0.25) is 10.1 Å². The van der Waals surface area contributed by atoms with Crippen molar-refractivity contribution in [2.75, 3.05) is 12.4 Å². The van der Waals surface area contributed by atoms with Gasteiger partial charge in [0.2, 0.25) is 0 Å². The topological polar surface area (TPSA) is 68.3 Å². The number of halogens is 7. The van der Waals surface area contributed by atoms with E-state index in [2.05, 4.69) is 9.72 Å². The second-order valence-corrected chi connectivity index (χ2v) is 5.02. The monoisotopic (exact) mass is 368 g/mol. The third kappa shape index (κ3) is 3.38. The highest BCUT2D eigenvalue weighted by Crippen LogP contribution is 2.47. The summed E-state index contributed by atoms with van der Waals surface area (Å²) < 4.78 is 91.8. The maximum Gasteiger partial charge on any atom is 0.460 e. The Balaban J connectivity index is 3.06. The summed E-state index contributed by atoms with van der Waals surface area (Å²) in [6.07, 6.45) is -6.64. The first kappa shape index (κ1) is 19.1. The van der Waals surface area contributed by atoms with Gasteiger partial charge in [0.25, 0.3) is 0 Å². The van der Waals surface area contributed by atoms with Crippen molar-refractivity contribution in [1.82, 2.24) is 4.98 Å². The first-order valence-corrected chi connectivity index (χ1v) is 6.27. The lowest BCUT2D eigenvalue weighted by Crippen LogP contribution is -2.57. The van der Waals surface area contributed by atoms with Gasteiger partial charge in [-0.25, -0.2) is 9.78 Å². The predicted molar refractivity (Wildman–Crippen MR) is 62.8 cm³/mol. The van der Waals surface area contributed by atoms with Crippen LogP contribution in [0.2, 0.25) is 0 Å². The van der Waals surface area contributed by atoms with E-state index in [4.69, 9.17) is 0 Å². The molecule has 0 unspecified atom stereocenters. The molecular formula is C10H7F7N2O3S. The van der Waals surface area contributed by atoms with E-state index in [1.807, 2.05) is 0 Å². The summed E-state index contributed by atoms with van der Waals surface area (Å²) in [5, 5.41) is 0.373. The van der Waals surface area contributed by atoms with Gasteiger partial charge in [-0.1, -0.05) is 11.3 Å². The van der Waals surface area contributed by atoms with E-state index >= 15 is 0 Å². The molecule has 0 bridgehead atoms. The minimum atomic E-state index is -6.64. The van der Waals surface area contributed by atoms with Gasteiger partial charge in [-0.2, -0.15) is 30.7 Å². The Kier molecular flexibility index (Phi) is 4.94. The number of anilines is 1. The minimum absolute atomic E-state index is 0.0944. The summed E-state index contributed by atoms with van der Waals surface area (Å²) in [4.78, 5) is 25.5. The van der Waals surface area contributed by atoms with Crippen LogP contribution in [0.3, 0.4) is 0 Å². The van der Waals surface area contributed by atoms with Gasteiger partial charge < -0.3 is 4.74 Å². The molecule has 1 heterocycles. The molecule has 1 rings (SSSR count). The molecule has 0 aliphatic heterocycles. The zero-order valence-electron chi connectivity index (χ0n) is 11.2. The molecule has 0 spiro atoms. The van der Waals surface area contributed by atoms with Crippen LogP contribution in [0.4, 0.5) is 35.9 Å². The second kappa shape index (κ2) is 5.94. The second-order valence-electron chi connectivity index (χ2n) is 4.03. The first-order chi connectivity index (χ1) is 10.3. The highest BCUT2D eigenvalue weighted by Gasteiger charge is 2.76. The smallest absolute Gasteiger partial charge is 0.460 e. The van der Waals surface area contributed by atoms with Crippen LogP contribution in [0.15, 0.2) is 0 Å². The number of carbonyl (C=O) groups excluding carboxylic acids is 2. The Morgan fingerprint density at radius 1 is 1.13 bits per heavy atom. The molecule has 0 aromatic carbocycles. The molecule has 1 aromatic heterocycles. The first-order valence-electron chi connectivity index (χ1n) is 5.45. The van der Waals surface area contributed by atoms with Crippen LogP contribution < -0.4 is 5.32 Å². The SMILES string of the molecule is COC(=O)c1sc(NC(=O)C(F)(F)C(F)(F)C(F)(F)F)nc1C. The average molecular weight is 368 g/mol. The van der Waals surface area contributed by atoms with E-state index in [0.29, 0.717) is 0 Å². The van der Waals surface area contributed by atoms with E-state index in [0.717, 1.165) is 12.4 Å². The van der Waals surface area contributed by atoms with Gasteiger partial charge in [-0.05, 0) is 6.92 Å². The quantitative estimate of drug-likeness (QED) is 0.655. The zero-order chi connectivity index (χ0) is 18.2. The molecule has 0 saturated heterocycles. The summed E-state index contributed by atoms with van der Waals surface area (Å²) in [5.41, 5.74) is -0.0944. The number of hydrogen-bond donors (Lipinski definition) is 1. The van der Waals surface area contributed by atoms with Crippen LogP contribution in [0, 0.1) is 6.92 Å². The summed E-state index contributed by atoms with van der Waals surface area (Å²) in [5.74, 6) is -16.5. The normalized spacial score (nSPS) is 12.9.